The van der Waals surface area contributed by atoms with Crippen molar-refractivity contribution < 1.29 is 33.3 Å². The summed E-state index contributed by atoms with van der Waals surface area (Å²) in [6, 6.07) is 0. The lowest BCUT2D eigenvalue weighted by Crippen LogP contribution is -2.15. The first-order valence-electron chi connectivity index (χ1n) is 5.26. The maximum atomic E-state index is 11.0. The fraction of sp³-hybridized carbons (Fsp3) is 0.545. The Bertz CT molecular complexity index is 309. The zero-order valence-electron chi connectivity index (χ0n) is 10.3. The number of hydrogen-bond acceptors (Lipinski definition) is 7. The van der Waals surface area contributed by atoms with E-state index in [4.69, 9.17) is 0 Å². The van der Waals surface area contributed by atoms with Gasteiger partial charge in [0.2, 0.25) is 0 Å². The zero-order valence-corrected chi connectivity index (χ0v) is 10.3. The highest BCUT2D eigenvalue weighted by atomic mass is 16.6. The summed E-state index contributed by atoms with van der Waals surface area (Å²) in [6.45, 7) is 1.72. The van der Waals surface area contributed by atoms with Gasteiger partial charge in [0.15, 0.2) is 6.61 Å². The number of esters is 3. The summed E-state index contributed by atoms with van der Waals surface area (Å²) >= 11 is 0. The smallest absolute Gasteiger partial charge is 0.344 e. The lowest BCUT2D eigenvalue weighted by atomic mass is 10.5. The van der Waals surface area contributed by atoms with E-state index in [9.17, 15) is 14.4 Å². The molecule has 0 aromatic carbocycles. The molecule has 0 bridgehead atoms. The third-order valence-electron chi connectivity index (χ3n) is 1.52. The van der Waals surface area contributed by atoms with Crippen molar-refractivity contribution in [1.29, 1.82) is 0 Å². The second-order valence-corrected chi connectivity index (χ2v) is 2.91. The molecule has 0 radical (unpaired) electrons. The first kappa shape index (κ1) is 16.1. The van der Waals surface area contributed by atoms with Crippen molar-refractivity contribution in [2.45, 2.75) is 6.92 Å². The Balaban J connectivity index is 3.79. The standard InChI is InChI=1S/C11H16O7/c1-3-16-11(14)8-18-10(13)5-4-9(12)17-7-6-15-2/h4-5H,3,6-8H2,1-2H3/b5-4+. The molecule has 7 heteroatoms. The topological polar surface area (TPSA) is 88.1 Å². The van der Waals surface area contributed by atoms with Gasteiger partial charge in [0.25, 0.3) is 0 Å². The fourth-order valence-corrected chi connectivity index (χ4v) is 0.791. The average Bonchev–Trinajstić information content (AvgIpc) is 2.34. The fourth-order valence-electron chi connectivity index (χ4n) is 0.791. The van der Waals surface area contributed by atoms with Gasteiger partial charge >= 0.3 is 17.9 Å². The average molecular weight is 260 g/mol. The highest BCUT2D eigenvalue weighted by Crippen LogP contribution is 1.87. The van der Waals surface area contributed by atoms with Crippen LogP contribution < -0.4 is 0 Å². The van der Waals surface area contributed by atoms with Gasteiger partial charge in [-0.3, -0.25) is 0 Å². The largest absolute Gasteiger partial charge is 0.463 e. The summed E-state index contributed by atoms with van der Waals surface area (Å²) in [5.74, 6) is -2.17. The van der Waals surface area contributed by atoms with Crippen molar-refractivity contribution in [3.8, 4) is 0 Å². The van der Waals surface area contributed by atoms with Crippen molar-refractivity contribution in [3.63, 3.8) is 0 Å². The van der Waals surface area contributed by atoms with Gasteiger partial charge in [0.1, 0.15) is 6.61 Å². The van der Waals surface area contributed by atoms with Crippen LogP contribution in [-0.2, 0) is 33.3 Å². The van der Waals surface area contributed by atoms with Gasteiger partial charge in [0.05, 0.1) is 13.2 Å². The summed E-state index contributed by atoms with van der Waals surface area (Å²) in [4.78, 5) is 32.9. The van der Waals surface area contributed by atoms with Crippen molar-refractivity contribution in [2.24, 2.45) is 0 Å². The second-order valence-electron chi connectivity index (χ2n) is 2.91. The van der Waals surface area contributed by atoms with E-state index < -0.39 is 24.5 Å². The summed E-state index contributed by atoms with van der Waals surface area (Å²) in [6.07, 6.45) is 1.78. The van der Waals surface area contributed by atoms with Crippen molar-refractivity contribution in [1.82, 2.24) is 0 Å². The number of ether oxygens (including phenoxy) is 4. The molecule has 102 valence electrons. The summed E-state index contributed by atoms with van der Waals surface area (Å²) in [5, 5.41) is 0. The maximum absolute atomic E-state index is 11.0. The van der Waals surface area contributed by atoms with Crippen molar-refractivity contribution in [2.75, 3.05) is 33.5 Å². The number of methoxy groups -OCH3 is 1. The van der Waals surface area contributed by atoms with Crippen LogP contribution in [0.15, 0.2) is 12.2 Å². The minimum Gasteiger partial charge on any atom is -0.463 e. The van der Waals surface area contributed by atoms with Crippen LogP contribution in [0.3, 0.4) is 0 Å². The van der Waals surface area contributed by atoms with Crippen LogP contribution in [0.4, 0.5) is 0 Å². The SMILES string of the molecule is CCOC(=O)COC(=O)/C=C/C(=O)OCCOC. The third kappa shape index (κ3) is 9.34. The van der Waals surface area contributed by atoms with E-state index in [1.165, 1.54) is 7.11 Å². The third-order valence-corrected chi connectivity index (χ3v) is 1.52. The first-order chi connectivity index (χ1) is 8.60. The minimum absolute atomic E-state index is 0.0948. The van der Waals surface area contributed by atoms with E-state index in [2.05, 4.69) is 18.9 Å². The van der Waals surface area contributed by atoms with Gasteiger partial charge in [-0.15, -0.1) is 0 Å². The number of hydrogen-bond donors (Lipinski definition) is 0. The predicted molar refractivity (Wildman–Crippen MR) is 59.6 cm³/mol. The lowest BCUT2D eigenvalue weighted by molar-refractivity contribution is -0.155. The molecule has 0 saturated heterocycles. The van der Waals surface area contributed by atoms with Gasteiger partial charge in [0, 0.05) is 19.3 Å². The Morgan fingerprint density at radius 3 is 2.11 bits per heavy atom. The Morgan fingerprint density at radius 1 is 0.944 bits per heavy atom. The molecule has 7 nitrogen and oxygen atoms in total. The molecular formula is C11H16O7. The summed E-state index contributed by atoms with van der Waals surface area (Å²) < 4.78 is 18.3. The summed E-state index contributed by atoms with van der Waals surface area (Å²) in [7, 11) is 1.47. The Kier molecular flexibility index (Phi) is 9.20. The Labute approximate surface area is 105 Å². The molecule has 0 N–H and O–H groups in total. The van der Waals surface area contributed by atoms with Crippen LogP contribution in [0.5, 0.6) is 0 Å². The number of rotatable bonds is 8. The monoisotopic (exact) mass is 260 g/mol. The van der Waals surface area contributed by atoms with Gasteiger partial charge < -0.3 is 18.9 Å². The van der Waals surface area contributed by atoms with Crippen LogP contribution >= 0.6 is 0 Å². The normalized spacial score (nSPS) is 10.1. The maximum Gasteiger partial charge on any atom is 0.344 e. The van der Waals surface area contributed by atoms with Crippen LogP contribution in [0.25, 0.3) is 0 Å². The van der Waals surface area contributed by atoms with Gasteiger partial charge in [-0.05, 0) is 6.92 Å². The van der Waals surface area contributed by atoms with E-state index in [0.717, 1.165) is 12.2 Å². The molecule has 0 aromatic rings. The van der Waals surface area contributed by atoms with Crippen molar-refractivity contribution >= 4 is 17.9 Å². The molecule has 0 aliphatic heterocycles. The van der Waals surface area contributed by atoms with Crippen LogP contribution in [0.1, 0.15) is 6.92 Å². The molecule has 0 aliphatic rings. The van der Waals surface area contributed by atoms with E-state index in [0.29, 0.717) is 0 Å². The Hall–Kier alpha value is -1.89. The van der Waals surface area contributed by atoms with Gasteiger partial charge in [-0.1, -0.05) is 0 Å². The van der Waals surface area contributed by atoms with Gasteiger partial charge in [-0.2, -0.15) is 0 Å². The molecular weight excluding hydrogens is 244 g/mol. The minimum atomic E-state index is -0.827. The summed E-state index contributed by atoms with van der Waals surface area (Å²) in [5.41, 5.74) is 0. The van der Waals surface area contributed by atoms with E-state index in [-0.39, 0.29) is 19.8 Å². The highest BCUT2D eigenvalue weighted by Gasteiger charge is 2.05. The predicted octanol–water partition coefficient (Wildman–Crippen LogP) is -0.161. The molecule has 0 amide bonds. The van der Waals surface area contributed by atoms with Crippen LogP contribution in [0.2, 0.25) is 0 Å². The molecule has 0 heterocycles. The van der Waals surface area contributed by atoms with E-state index >= 15 is 0 Å². The highest BCUT2D eigenvalue weighted by molar-refractivity contribution is 5.92. The molecule has 0 aliphatic carbocycles. The molecule has 0 unspecified atom stereocenters. The molecule has 0 saturated carbocycles. The number of carbonyl (C=O) groups is 3. The Morgan fingerprint density at radius 2 is 1.56 bits per heavy atom. The quantitative estimate of drug-likeness (QED) is 0.259. The van der Waals surface area contributed by atoms with Crippen LogP contribution in [-0.4, -0.2) is 51.4 Å². The molecule has 0 atom stereocenters. The van der Waals surface area contributed by atoms with Crippen LogP contribution in [0, 0.1) is 0 Å². The first-order valence-corrected chi connectivity index (χ1v) is 5.26. The zero-order chi connectivity index (χ0) is 13.8. The molecule has 18 heavy (non-hydrogen) atoms. The van der Waals surface area contributed by atoms with Crippen molar-refractivity contribution in [3.05, 3.63) is 12.2 Å². The molecule has 0 fully saturated rings. The van der Waals surface area contributed by atoms with E-state index in [1.807, 2.05) is 0 Å². The molecule has 0 spiro atoms. The lowest BCUT2D eigenvalue weighted by Gasteiger charge is -2.01. The second kappa shape index (κ2) is 10.3. The molecule has 0 rings (SSSR count). The molecule has 0 aromatic heterocycles. The van der Waals surface area contributed by atoms with Gasteiger partial charge in [-0.25, -0.2) is 14.4 Å². The number of carbonyl (C=O) groups excluding carboxylic acids is 3. The van der Waals surface area contributed by atoms with E-state index in [1.54, 1.807) is 6.92 Å².